The highest BCUT2D eigenvalue weighted by molar-refractivity contribution is 9.10. The maximum absolute atomic E-state index is 11.4. The van der Waals surface area contributed by atoms with Crippen LogP contribution in [0.5, 0.6) is 0 Å². The molecule has 0 bridgehead atoms. The summed E-state index contributed by atoms with van der Waals surface area (Å²) in [7, 11) is 0. The molecule has 0 aromatic heterocycles. The number of alkyl halides is 1. The van der Waals surface area contributed by atoms with Gasteiger partial charge in [-0.05, 0) is 37.6 Å². The van der Waals surface area contributed by atoms with Gasteiger partial charge in [-0.15, -0.1) is 11.6 Å². The van der Waals surface area contributed by atoms with Crippen LogP contribution in [0.2, 0.25) is 0 Å². The largest absolute Gasteiger partial charge is 0.325 e. The molecule has 1 unspecified atom stereocenters. The average Bonchev–Trinajstić information content (AvgIpc) is 2.23. The lowest BCUT2D eigenvalue weighted by molar-refractivity contribution is -0.119. The Morgan fingerprint density at radius 2 is 2.06 bits per heavy atom. The van der Waals surface area contributed by atoms with Crippen molar-refractivity contribution in [2.45, 2.75) is 19.2 Å². The van der Waals surface area contributed by atoms with Gasteiger partial charge in [0.25, 0.3) is 0 Å². The van der Waals surface area contributed by atoms with Gasteiger partial charge in [-0.2, -0.15) is 0 Å². The molecule has 1 aromatic rings. The van der Waals surface area contributed by atoms with E-state index in [0.717, 1.165) is 10.0 Å². The van der Waals surface area contributed by atoms with E-state index in [-0.39, 0.29) is 0 Å². The van der Waals surface area contributed by atoms with Crippen molar-refractivity contribution in [3.63, 3.8) is 0 Å². The summed E-state index contributed by atoms with van der Waals surface area (Å²) in [6.07, 6.45) is 0. The summed E-state index contributed by atoms with van der Waals surface area (Å²) in [5, 5.41) is 3.93. The van der Waals surface area contributed by atoms with E-state index < -0.39 is 17.3 Å². The van der Waals surface area contributed by atoms with Crippen LogP contribution in [0.15, 0.2) is 22.7 Å². The predicted octanol–water partition coefficient (Wildman–Crippen LogP) is 3.03. The van der Waals surface area contributed by atoms with Crippen LogP contribution in [0.3, 0.4) is 0 Å². The third-order valence-corrected chi connectivity index (χ3v) is 3.10. The minimum atomic E-state index is -0.743. The molecule has 17 heavy (non-hydrogen) atoms. The molecule has 92 valence electrons. The first-order valence-corrected chi connectivity index (χ1v) is 6.15. The van der Waals surface area contributed by atoms with Crippen molar-refractivity contribution in [1.82, 2.24) is 5.32 Å². The number of aryl methyl sites for hydroxylation is 1. The Bertz CT molecular complexity index is 449. The van der Waals surface area contributed by atoms with Crippen molar-refractivity contribution in [3.05, 3.63) is 28.2 Å². The molecule has 0 radical (unpaired) electrons. The van der Waals surface area contributed by atoms with Gasteiger partial charge < -0.3 is 5.32 Å². The molecule has 0 saturated heterocycles. The van der Waals surface area contributed by atoms with Gasteiger partial charge in [0.1, 0.15) is 5.38 Å². The van der Waals surface area contributed by atoms with Gasteiger partial charge in [0.15, 0.2) is 0 Å². The molecular formula is C11H12BrClN2O2. The zero-order chi connectivity index (χ0) is 13.0. The van der Waals surface area contributed by atoms with E-state index in [0.29, 0.717) is 5.69 Å². The van der Waals surface area contributed by atoms with Crippen LogP contribution in [-0.2, 0) is 4.79 Å². The molecule has 0 fully saturated rings. The molecule has 1 aromatic carbocycles. The normalized spacial score (nSPS) is 11.8. The minimum Gasteiger partial charge on any atom is -0.308 e. The molecule has 0 aliphatic rings. The average molecular weight is 320 g/mol. The quantitative estimate of drug-likeness (QED) is 0.823. The number of amides is 3. The number of anilines is 1. The highest BCUT2D eigenvalue weighted by Gasteiger charge is 2.12. The van der Waals surface area contributed by atoms with Gasteiger partial charge in [-0.3, -0.25) is 10.1 Å². The second-order valence-electron chi connectivity index (χ2n) is 3.52. The molecule has 0 aliphatic carbocycles. The summed E-state index contributed by atoms with van der Waals surface area (Å²) in [5.41, 5.74) is 1.60. The number of rotatable bonds is 2. The number of halogens is 2. The molecule has 0 heterocycles. The first-order valence-electron chi connectivity index (χ1n) is 4.92. The highest BCUT2D eigenvalue weighted by Crippen LogP contribution is 2.19. The van der Waals surface area contributed by atoms with Gasteiger partial charge in [-0.1, -0.05) is 15.9 Å². The molecule has 0 saturated carbocycles. The number of hydrogen-bond acceptors (Lipinski definition) is 2. The Morgan fingerprint density at radius 1 is 1.41 bits per heavy atom. The van der Waals surface area contributed by atoms with Crippen molar-refractivity contribution in [1.29, 1.82) is 0 Å². The van der Waals surface area contributed by atoms with Crippen molar-refractivity contribution in [2.75, 3.05) is 5.32 Å². The summed E-state index contributed by atoms with van der Waals surface area (Å²) >= 11 is 8.88. The van der Waals surface area contributed by atoms with E-state index in [9.17, 15) is 9.59 Å². The molecule has 0 spiro atoms. The van der Waals surface area contributed by atoms with Crippen molar-refractivity contribution >= 4 is 45.2 Å². The number of hydrogen-bond donors (Lipinski definition) is 2. The van der Waals surface area contributed by atoms with E-state index in [2.05, 4.69) is 26.6 Å². The monoisotopic (exact) mass is 318 g/mol. The second-order valence-corrected chi connectivity index (χ2v) is 5.03. The second kappa shape index (κ2) is 6.02. The molecular weight excluding hydrogens is 307 g/mol. The molecule has 0 aliphatic heterocycles. The fraction of sp³-hybridized carbons (Fsp3) is 0.273. The first kappa shape index (κ1) is 14.0. The van der Waals surface area contributed by atoms with Crippen molar-refractivity contribution in [2.24, 2.45) is 0 Å². The third kappa shape index (κ3) is 4.36. The van der Waals surface area contributed by atoms with Crippen LogP contribution >= 0.6 is 27.5 Å². The highest BCUT2D eigenvalue weighted by atomic mass is 79.9. The van der Waals surface area contributed by atoms with Crippen molar-refractivity contribution in [3.8, 4) is 0 Å². The van der Waals surface area contributed by atoms with Crippen LogP contribution in [0.4, 0.5) is 10.5 Å². The third-order valence-electron chi connectivity index (χ3n) is 2.01. The Balaban J connectivity index is 2.62. The van der Waals surface area contributed by atoms with Gasteiger partial charge >= 0.3 is 6.03 Å². The molecule has 1 atom stereocenters. The van der Waals surface area contributed by atoms with Crippen molar-refractivity contribution < 1.29 is 9.59 Å². The van der Waals surface area contributed by atoms with E-state index in [4.69, 9.17) is 11.6 Å². The number of imide groups is 1. The summed E-state index contributed by atoms with van der Waals surface area (Å²) < 4.78 is 0.953. The molecule has 2 N–H and O–H groups in total. The Kier molecular flexibility index (Phi) is 4.96. The Hall–Kier alpha value is -1.07. The molecule has 6 heteroatoms. The van der Waals surface area contributed by atoms with E-state index in [1.54, 1.807) is 12.1 Å². The Labute approximate surface area is 113 Å². The van der Waals surface area contributed by atoms with Crippen LogP contribution in [0.1, 0.15) is 12.5 Å². The van der Waals surface area contributed by atoms with Crippen LogP contribution in [-0.4, -0.2) is 17.3 Å². The summed E-state index contributed by atoms with van der Waals surface area (Å²) in [6, 6.07) is 4.74. The van der Waals surface area contributed by atoms with Gasteiger partial charge in [0.05, 0.1) is 0 Å². The lowest BCUT2D eigenvalue weighted by Gasteiger charge is -2.08. The molecule has 1 rings (SSSR count). The molecule has 4 nitrogen and oxygen atoms in total. The first-order chi connectivity index (χ1) is 7.90. The lowest BCUT2D eigenvalue weighted by Crippen LogP contribution is -2.38. The van der Waals surface area contributed by atoms with Gasteiger partial charge in [-0.25, -0.2) is 4.79 Å². The predicted molar refractivity (Wildman–Crippen MR) is 71.4 cm³/mol. The van der Waals surface area contributed by atoms with E-state index in [1.807, 2.05) is 13.0 Å². The molecule has 3 amide bonds. The van der Waals surface area contributed by atoms with Crippen LogP contribution in [0, 0.1) is 6.92 Å². The zero-order valence-electron chi connectivity index (χ0n) is 9.38. The minimum absolute atomic E-state index is 0.530. The number of benzene rings is 1. The Morgan fingerprint density at radius 3 is 2.59 bits per heavy atom. The number of carbonyl (C=O) groups excluding carboxylic acids is 2. The van der Waals surface area contributed by atoms with Crippen LogP contribution < -0.4 is 10.6 Å². The van der Waals surface area contributed by atoms with E-state index >= 15 is 0 Å². The maximum Gasteiger partial charge on any atom is 0.325 e. The van der Waals surface area contributed by atoms with Crippen LogP contribution in [0.25, 0.3) is 0 Å². The number of urea groups is 1. The summed E-state index contributed by atoms with van der Waals surface area (Å²) in [6.45, 7) is 3.40. The summed E-state index contributed by atoms with van der Waals surface area (Å²) in [4.78, 5) is 22.6. The van der Waals surface area contributed by atoms with Gasteiger partial charge in [0, 0.05) is 10.2 Å². The number of carbonyl (C=O) groups is 2. The lowest BCUT2D eigenvalue weighted by atomic mass is 10.2. The van der Waals surface area contributed by atoms with Gasteiger partial charge in [0.2, 0.25) is 5.91 Å². The standard InChI is InChI=1S/C11H12BrClN2O2/c1-6-5-8(3-4-9(6)12)14-11(17)15-10(16)7(2)13/h3-5,7H,1-2H3,(H2,14,15,16,17). The fourth-order valence-electron chi connectivity index (χ4n) is 1.10. The zero-order valence-corrected chi connectivity index (χ0v) is 11.7. The maximum atomic E-state index is 11.4. The van der Waals surface area contributed by atoms with E-state index in [1.165, 1.54) is 6.92 Å². The number of nitrogens with one attached hydrogen (secondary N) is 2. The smallest absolute Gasteiger partial charge is 0.308 e. The summed E-state index contributed by atoms with van der Waals surface area (Å²) in [5.74, 6) is -0.530. The SMILES string of the molecule is Cc1cc(NC(=O)NC(=O)C(C)Cl)ccc1Br. The topological polar surface area (TPSA) is 58.2 Å². The fourth-order valence-corrected chi connectivity index (χ4v) is 1.40.